The first kappa shape index (κ1) is 22.4. The fraction of sp³-hybridized carbons (Fsp3) is 0.238. The highest BCUT2D eigenvalue weighted by molar-refractivity contribution is 7.89. The van der Waals surface area contributed by atoms with E-state index >= 15 is 0 Å². The van der Waals surface area contributed by atoms with Gasteiger partial charge in [0.15, 0.2) is 5.58 Å². The highest BCUT2D eigenvalue weighted by Gasteiger charge is 2.31. The number of piperazine rings is 1. The number of rotatable bonds is 5. The largest absolute Gasteiger partial charge is 0.423 e. The number of hydrogen-bond donors (Lipinski definition) is 1. The first-order valence-electron chi connectivity index (χ1n) is 9.62. The van der Waals surface area contributed by atoms with Crippen molar-refractivity contribution < 1.29 is 17.6 Å². The maximum absolute atomic E-state index is 13.0. The van der Waals surface area contributed by atoms with Crippen LogP contribution in [0, 0.1) is 12.3 Å². The Balaban J connectivity index is 1.48. The molecule has 0 atom stereocenters. The van der Waals surface area contributed by atoms with E-state index in [4.69, 9.17) is 34.0 Å². The lowest BCUT2D eigenvalue weighted by Gasteiger charge is -2.33. The van der Waals surface area contributed by atoms with E-state index in [1.54, 1.807) is 18.2 Å². The van der Waals surface area contributed by atoms with Crippen molar-refractivity contribution in [2.75, 3.05) is 37.6 Å². The topological polar surface area (TPSA) is 95.8 Å². The lowest BCUT2D eigenvalue weighted by atomic mass is 10.2. The van der Waals surface area contributed by atoms with E-state index < -0.39 is 10.0 Å². The van der Waals surface area contributed by atoms with E-state index in [1.165, 1.54) is 22.5 Å². The highest BCUT2D eigenvalue weighted by Crippen LogP contribution is 2.29. The number of halogens is 2. The van der Waals surface area contributed by atoms with Gasteiger partial charge in [0.05, 0.1) is 11.6 Å². The minimum Gasteiger partial charge on any atom is -0.423 e. The molecule has 4 rings (SSSR count). The molecule has 1 aliphatic rings. The summed E-state index contributed by atoms with van der Waals surface area (Å²) in [5, 5.41) is 3.05. The molecule has 1 amide bonds. The quantitative estimate of drug-likeness (QED) is 0.550. The summed E-state index contributed by atoms with van der Waals surface area (Å²) in [6.45, 7) is 1.37. The van der Waals surface area contributed by atoms with Crippen LogP contribution in [-0.2, 0) is 10.0 Å². The Kier molecular flexibility index (Phi) is 6.31. The van der Waals surface area contributed by atoms with Gasteiger partial charge in [-0.2, -0.15) is 9.29 Å². The normalized spacial score (nSPS) is 15.0. The van der Waals surface area contributed by atoms with Gasteiger partial charge in [-0.3, -0.25) is 4.79 Å². The molecule has 3 aromatic rings. The number of benzene rings is 2. The summed E-state index contributed by atoms with van der Waals surface area (Å²) >= 11 is 12.0. The van der Waals surface area contributed by atoms with Crippen molar-refractivity contribution >= 4 is 56.2 Å². The molecule has 0 spiro atoms. The first-order chi connectivity index (χ1) is 15.3. The van der Waals surface area contributed by atoms with Gasteiger partial charge in [0, 0.05) is 36.8 Å². The zero-order valence-electron chi connectivity index (χ0n) is 16.7. The number of oxazole rings is 1. The number of nitrogens with one attached hydrogen (secondary N) is 1. The molecule has 1 N–H and O–H groups in total. The van der Waals surface area contributed by atoms with Crippen LogP contribution in [-0.4, -0.2) is 56.3 Å². The van der Waals surface area contributed by atoms with Crippen LogP contribution in [0.15, 0.2) is 45.7 Å². The fourth-order valence-electron chi connectivity index (χ4n) is 3.37. The number of aromatic nitrogens is 1. The number of nitrogens with zero attached hydrogens (tertiary/aromatic N) is 3. The van der Waals surface area contributed by atoms with E-state index in [0.29, 0.717) is 40.8 Å². The van der Waals surface area contributed by atoms with Crippen LogP contribution in [0.1, 0.15) is 10.4 Å². The first-order valence-corrected chi connectivity index (χ1v) is 11.8. The Morgan fingerprint density at radius 3 is 2.59 bits per heavy atom. The Morgan fingerprint density at radius 2 is 1.91 bits per heavy atom. The van der Waals surface area contributed by atoms with Gasteiger partial charge >= 0.3 is 0 Å². The zero-order chi connectivity index (χ0) is 22.9. The van der Waals surface area contributed by atoms with Crippen molar-refractivity contribution in [2.24, 2.45) is 0 Å². The average Bonchev–Trinajstić information content (AvgIpc) is 3.20. The molecule has 8 nitrogen and oxygen atoms in total. The number of carbonyl (C=O) groups excluding carboxylic acids is 1. The minimum atomic E-state index is -3.76. The number of sulfonamides is 1. The van der Waals surface area contributed by atoms with Gasteiger partial charge in [-0.1, -0.05) is 29.1 Å². The van der Waals surface area contributed by atoms with E-state index in [9.17, 15) is 13.2 Å². The van der Waals surface area contributed by atoms with Crippen LogP contribution in [0.25, 0.3) is 11.1 Å². The molecule has 0 bridgehead atoms. The van der Waals surface area contributed by atoms with Gasteiger partial charge in [-0.05, 0) is 36.4 Å². The van der Waals surface area contributed by atoms with E-state index in [-0.39, 0.29) is 35.5 Å². The smallest absolute Gasteiger partial charge is 0.298 e. The second-order valence-electron chi connectivity index (χ2n) is 7.03. The third-order valence-electron chi connectivity index (χ3n) is 5.01. The Bertz CT molecular complexity index is 1330. The van der Waals surface area contributed by atoms with Crippen LogP contribution in [0.5, 0.6) is 0 Å². The number of fused-ring (bicyclic) bond motifs is 1. The monoisotopic (exact) mass is 492 g/mol. The third kappa shape index (κ3) is 4.40. The molecule has 2 heterocycles. The van der Waals surface area contributed by atoms with E-state index in [1.807, 2.05) is 4.90 Å². The maximum atomic E-state index is 13.0. The lowest BCUT2D eigenvalue weighted by Crippen LogP contribution is -2.48. The Hall–Kier alpha value is -2.77. The van der Waals surface area contributed by atoms with Gasteiger partial charge in [0.2, 0.25) is 10.0 Å². The molecular formula is C21H18Cl2N4O4S. The number of hydrogen-bond acceptors (Lipinski definition) is 6. The van der Waals surface area contributed by atoms with Gasteiger partial charge in [0.25, 0.3) is 11.9 Å². The summed E-state index contributed by atoms with van der Waals surface area (Å²) < 4.78 is 33.1. The molecular weight excluding hydrogens is 475 g/mol. The van der Waals surface area contributed by atoms with Crippen molar-refractivity contribution in [3.8, 4) is 12.3 Å². The van der Waals surface area contributed by atoms with Crippen LogP contribution < -0.4 is 10.2 Å². The number of anilines is 1. The Labute approximate surface area is 195 Å². The molecule has 0 saturated carbocycles. The molecule has 32 heavy (non-hydrogen) atoms. The second kappa shape index (κ2) is 9.00. The summed E-state index contributed by atoms with van der Waals surface area (Å²) in [5.74, 6) is 2.05. The molecule has 2 aromatic carbocycles. The third-order valence-corrected chi connectivity index (χ3v) is 7.63. The van der Waals surface area contributed by atoms with E-state index in [0.717, 1.165) is 0 Å². The standard InChI is InChI=1S/C21H18Cl2N4O4S/c1-2-7-24-20(28)14-3-5-18-17(12-14)25-21(31-18)26-8-10-27(11-9-26)32(29,30)19-6-4-15(22)13-16(19)23/h1,3-6,12-13H,7-11H2,(H,24,28). The van der Waals surface area contributed by atoms with Crippen molar-refractivity contribution in [1.29, 1.82) is 0 Å². The van der Waals surface area contributed by atoms with Gasteiger partial charge in [-0.15, -0.1) is 6.42 Å². The predicted octanol–water partition coefficient (Wildman–Crippen LogP) is 3.01. The summed E-state index contributed by atoms with van der Waals surface area (Å²) in [5.41, 5.74) is 1.47. The summed E-state index contributed by atoms with van der Waals surface area (Å²) in [4.78, 5) is 18.4. The molecule has 1 fully saturated rings. The van der Waals surface area contributed by atoms with Gasteiger partial charge in [0.1, 0.15) is 10.4 Å². The van der Waals surface area contributed by atoms with Crippen LogP contribution in [0.4, 0.5) is 6.01 Å². The molecule has 1 aliphatic heterocycles. The van der Waals surface area contributed by atoms with Gasteiger partial charge in [-0.25, -0.2) is 8.42 Å². The van der Waals surface area contributed by atoms with E-state index in [2.05, 4.69) is 16.2 Å². The maximum Gasteiger partial charge on any atom is 0.298 e. The van der Waals surface area contributed by atoms with Crippen molar-refractivity contribution in [2.45, 2.75) is 4.90 Å². The summed E-state index contributed by atoms with van der Waals surface area (Å²) in [6.07, 6.45) is 5.16. The number of amides is 1. The molecule has 1 aromatic heterocycles. The molecule has 11 heteroatoms. The summed E-state index contributed by atoms with van der Waals surface area (Å²) in [7, 11) is -3.76. The molecule has 0 aliphatic carbocycles. The Morgan fingerprint density at radius 1 is 1.16 bits per heavy atom. The summed E-state index contributed by atoms with van der Waals surface area (Å²) in [6, 6.07) is 9.59. The van der Waals surface area contributed by atoms with Crippen molar-refractivity contribution in [3.05, 3.63) is 52.0 Å². The van der Waals surface area contributed by atoms with Gasteiger partial charge < -0.3 is 14.6 Å². The van der Waals surface area contributed by atoms with Crippen LogP contribution >= 0.6 is 23.2 Å². The second-order valence-corrected chi connectivity index (χ2v) is 9.78. The predicted molar refractivity (Wildman–Crippen MR) is 123 cm³/mol. The zero-order valence-corrected chi connectivity index (χ0v) is 19.0. The van der Waals surface area contributed by atoms with Crippen LogP contribution in [0.3, 0.4) is 0 Å². The molecule has 166 valence electrons. The fourth-order valence-corrected chi connectivity index (χ4v) is 5.54. The van der Waals surface area contributed by atoms with Crippen molar-refractivity contribution in [3.63, 3.8) is 0 Å². The number of carbonyl (C=O) groups is 1. The minimum absolute atomic E-state index is 0.0227. The average molecular weight is 493 g/mol. The highest BCUT2D eigenvalue weighted by atomic mass is 35.5. The molecule has 1 saturated heterocycles. The van der Waals surface area contributed by atoms with Crippen molar-refractivity contribution in [1.82, 2.24) is 14.6 Å². The molecule has 0 unspecified atom stereocenters. The van der Waals surface area contributed by atoms with Crippen LogP contribution in [0.2, 0.25) is 10.0 Å². The molecule has 0 radical (unpaired) electrons. The number of terminal acetylenes is 1. The SMILES string of the molecule is C#CCNC(=O)c1ccc2oc(N3CCN(S(=O)(=O)c4ccc(Cl)cc4Cl)CC3)nc2c1. The lowest BCUT2D eigenvalue weighted by molar-refractivity contribution is 0.0959.